The number of amides is 2. The zero-order valence-electron chi connectivity index (χ0n) is 14.0. The summed E-state index contributed by atoms with van der Waals surface area (Å²) in [6, 6.07) is 7.41. The van der Waals surface area contributed by atoms with Gasteiger partial charge in [-0.3, -0.25) is 0 Å². The molecule has 0 bridgehead atoms. The summed E-state index contributed by atoms with van der Waals surface area (Å²) in [6.45, 7) is 4.49. The lowest BCUT2D eigenvalue weighted by atomic mass is 10.1. The van der Waals surface area contributed by atoms with Crippen molar-refractivity contribution >= 4 is 32.0 Å². The highest BCUT2D eigenvalue weighted by Gasteiger charge is 2.27. The second kappa shape index (κ2) is 8.31. The van der Waals surface area contributed by atoms with Crippen LogP contribution >= 0.6 is 15.9 Å². The van der Waals surface area contributed by atoms with Crippen LogP contribution in [0.3, 0.4) is 0 Å². The highest BCUT2D eigenvalue weighted by Crippen LogP contribution is 2.22. The first-order valence-electron chi connectivity index (χ1n) is 8.12. The minimum absolute atomic E-state index is 0.000259. The lowest BCUT2D eigenvalue weighted by molar-refractivity contribution is 0.225. The molecule has 1 saturated heterocycles. The Morgan fingerprint density at radius 1 is 1.33 bits per heavy atom. The van der Waals surface area contributed by atoms with Gasteiger partial charge in [0.05, 0.1) is 11.8 Å². The fraction of sp³-hybridized carbons (Fsp3) is 0.562. The predicted molar refractivity (Wildman–Crippen MR) is 98.3 cm³/mol. The first-order valence-corrected chi connectivity index (χ1v) is 10.5. The van der Waals surface area contributed by atoms with Gasteiger partial charge in [-0.15, -0.1) is 0 Å². The van der Waals surface area contributed by atoms with Crippen molar-refractivity contribution in [3.05, 3.63) is 34.3 Å². The number of carbonyl (C=O) groups is 1. The molecule has 6 nitrogen and oxygen atoms in total. The van der Waals surface area contributed by atoms with E-state index in [1.165, 1.54) is 4.31 Å². The van der Waals surface area contributed by atoms with Crippen molar-refractivity contribution in [3.63, 3.8) is 0 Å². The molecule has 2 amide bonds. The van der Waals surface area contributed by atoms with Crippen LogP contribution in [-0.4, -0.2) is 43.6 Å². The molecule has 2 rings (SSSR count). The van der Waals surface area contributed by atoms with Crippen LogP contribution in [0.4, 0.5) is 4.79 Å². The van der Waals surface area contributed by atoms with E-state index in [-0.39, 0.29) is 23.9 Å². The molecule has 0 radical (unpaired) electrons. The van der Waals surface area contributed by atoms with E-state index in [0.717, 1.165) is 10.0 Å². The molecule has 8 heteroatoms. The van der Waals surface area contributed by atoms with Gasteiger partial charge in [-0.2, -0.15) is 0 Å². The van der Waals surface area contributed by atoms with Gasteiger partial charge < -0.3 is 10.6 Å². The lowest BCUT2D eigenvalue weighted by Crippen LogP contribution is -2.49. The minimum atomic E-state index is -3.13. The van der Waals surface area contributed by atoms with Crippen molar-refractivity contribution in [1.82, 2.24) is 14.9 Å². The Bertz CT molecular complexity index is 673. The van der Waals surface area contributed by atoms with Crippen LogP contribution in [0, 0.1) is 0 Å². The molecule has 1 atom stereocenters. The molecule has 1 heterocycles. The van der Waals surface area contributed by atoms with Gasteiger partial charge in [0.1, 0.15) is 0 Å². The second-order valence-electron chi connectivity index (χ2n) is 5.93. The number of hydrogen-bond acceptors (Lipinski definition) is 3. The number of piperidine rings is 1. The Morgan fingerprint density at radius 2 is 1.96 bits per heavy atom. The van der Waals surface area contributed by atoms with Crippen molar-refractivity contribution in [2.75, 3.05) is 18.8 Å². The number of hydrogen-bond donors (Lipinski definition) is 2. The average molecular weight is 418 g/mol. The lowest BCUT2D eigenvalue weighted by Gasteiger charge is -2.31. The van der Waals surface area contributed by atoms with Crippen LogP contribution in [0.25, 0.3) is 0 Å². The summed E-state index contributed by atoms with van der Waals surface area (Å²) in [7, 11) is -3.13. The highest BCUT2D eigenvalue weighted by atomic mass is 79.9. The maximum Gasteiger partial charge on any atom is 0.315 e. The van der Waals surface area contributed by atoms with Crippen LogP contribution in [-0.2, 0) is 10.0 Å². The van der Waals surface area contributed by atoms with E-state index in [1.807, 2.05) is 31.2 Å². The summed E-state index contributed by atoms with van der Waals surface area (Å²) in [5.41, 5.74) is 1.01. The van der Waals surface area contributed by atoms with Crippen LogP contribution in [0.2, 0.25) is 0 Å². The molecule has 24 heavy (non-hydrogen) atoms. The number of nitrogens with zero attached hydrogens (tertiary/aromatic N) is 1. The fourth-order valence-electron chi connectivity index (χ4n) is 2.79. The van der Waals surface area contributed by atoms with E-state index in [1.54, 1.807) is 6.92 Å². The number of urea groups is 1. The van der Waals surface area contributed by atoms with Crippen molar-refractivity contribution in [1.29, 1.82) is 0 Å². The first-order chi connectivity index (χ1) is 11.3. The molecule has 0 aliphatic carbocycles. The Kier molecular flexibility index (Phi) is 6.65. The molecule has 134 valence electrons. The highest BCUT2D eigenvalue weighted by molar-refractivity contribution is 9.10. The third kappa shape index (κ3) is 4.94. The zero-order chi connectivity index (χ0) is 17.7. The number of nitrogens with one attached hydrogen (secondary N) is 2. The average Bonchev–Trinajstić information content (AvgIpc) is 2.55. The van der Waals surface area contributed by atoms with Gasteiger partial charge in [0.15, 0.2) is 0 Å². The zero-order valence-corrected chi connectivity index (χ0v) is 16.4. The molecule has 0 spiro atoms. The SMILES string of the molecule is CCS(=O)(=O)N1CCC(NC(=O)N[C@@H](C)c2ccccc2Br)CC1. The van der Waals surface area contributed by atoms with Crippen LogP contribution in [0.1, 0.15) is 38.3 Å². The largest absolute Gasteiger partial charge is 0.335 e. The normalized spacial score (nSPS) is 18.1. The quantitative estimate of drug-likeness (QED) is 0.772. The van der Waals surface area contributed by atoms with E-state index in [4.69, 9.17) is 0 Å². The van der Waals surface area contributed by atoms with E-state index in [2.05, 4.69) is 26.6 Å². The smallest absolute Gasteiger partial charge is 0.315 e. The van der Waals surface area contributed by atoms with Crippen molar-refractivity contribution < 1.29 is 13.2 Å². The molecular formula is C16H24BrN3O3S. The van der Waals surface area contributed by atoms with Gasteiger partial charge in [-0.05, 0) is 38.3 Å². The summed E-state index contributed by atoms with van der Waals surface area (Å²) < 4.78 is 26.1. The van der Waals surface area contributed by atoms with Crippen molar-refractivity contribution in [2.45, 2.75) is 38.8 Å². The maximum atomic E-state index is 12.2. The molecule has 0 aromatic heterocycles. The molecule has 0 saturated carbocycles. The van der Waals surface area contributed by atoms with Gasteiger partial charge in [0, 0.05) is 23.6 Å². The summed E-state index contributed by atoms with van der Waals surface area (Å²) in [6.07, 6.45) is 1.27. The van der Waals surface area contributed by atoms with E-state index in [0.29, 0.717) is 25.9 Å². The number of sulfonamides is 1. The topological polar surface area (TPSA) is 78.5 Å². The third-order valence-corrected chi connectivity index (χ3v) is 6.87. The number of halogens is 1. The van der Waals surface area contributed by atoms with Gasteiger partial charge in [-0.1, -0.05) is 34.1 Å². The Labute approximate surface area is 152 Å². The molecule has 1 aliphatic rings. The molecular weight excluding hydrogens is 394 g/mol. The molecule has 0 unspecified atom stereocenters. The van der Waals surface area contributed by atoms with Crippen molar-refractivity contribution in [2.24, 2.45) is 0 Å². The predicted octanol–water partition coefficient (Wildman–Crippen LogP) is 2.62. The Balaban J connectivity index is 1.83. The Morgan fingerprint density at radius 3 is 2.54 bits per heavy atom. The van der Waals surface area contributed by atoms with E-state index in [9.17, 15) is 13.2 Å². The fourth-order valence-corrected chi connectivity index (χ4v) is 4.55. The Hall–Kier alpha value is -1.12. The van der Waals surface area contributed by atoms with Gasteiger partial charge in [-0.25, -0.2) is 17.5 Å². The van der Waals surface area contributed by atoms with Crippen molar-refractivity contribution in [3.8, 4) is 0 Å². The maximum absolute atomic E-state index is 12.2. The van der Waals surface area contributed by atoms with Crippen LogP contribution in [0.5, 0.6) is 0 Å². The van der Waals surface area contributed by atoms with E-state index < -0.39 is 10.0 Å². The standard InChI is InChI=1S/C16H24BrN3O3S/c1-3-24(22,23)20-10-8-13(9-11-20)19-16(21)18-12(2)14-6-4-5-7-15(14)17/h4-7,12-13H,3,8-11H2,1-2H3,(H2,18,19,21)/t12-/m0/s1. The molecule has 1 aromatic rings. The molecule has 1 fully saturated rings. The summed E-state index contributed by atoms with van der Waals surface area (Å²) >= 11 is 3.48. The van der Waals surface area contributed by atoms with Crippen LogP contribution in [0.15, 0.2) is 28.7 Å². The summed E-state index contributed by atoms with van der Waals surface area (Å²) in [5.74, 6) is 0.120. The summed E-state index contributed by atoms with van der Waals surface area (Å²) in [4.78, 5) is 12.2. The van der Waals surface area contributed by atoms with Gasteiger partial charge in [0.25, 0.3) is 0 Å². The second-order valence-corrected chi connectivity index (χ2v) is 9.05. The van der Waals surface area contributed by atoms with Gasteiger partial charge >= 0.3 is 6.03 Å². The van der Waals surface area contributed by atoms with Crippen LogP contribution < -0.4 is 10.6 Å². The van der Waals surface area contributed by atoms with E-state index >= 15 is 0 Å². The molecule has 1 aromatic carbocycles. The minimum Gasteiger partial charge on any atom is -0.335 e. The number of carbonyl (C=O) groups excluding carboxylic acids is 1. The molecule has 2 N–H and O–H groups in total. The third-order valence-electron chi connectivity index (χ3n) is 4.27. The first kappa shape index (κ1) is 19.2. The number of benzene rings is 1. The number of rotatable bonds is 5. The molecule has 1 aliphatic heterocycles. The summed E-state index contributed by atoms with van der Waals surface area (Å²) in [5, 5.41) is 5.87. The van der Waals surface area contributed by atoms with Gasteiger partial charge in [0.2, 0.25) is 10.0 Å². The monoisotopic (exact) mass is 417 g/mol.